The second-order valence-electron chi connectivity index (χ2n) is 12.9. The van der Waals surface area contributed by atoms with Crippen LogP contribution >= 0.6 is 0 Å². The summed E-state index contributed by atoms with van der Waals surface area (Å²) in [6.45, 7) is 4.01. The van der Waals surface area contributed by atoms with Crippen molar-refractivity contribution in [2.75, 3.05) is 0 Å². The third-order valence-corrected chi connectivity index (χ3v) is 11.1. The maximum atomic E-state index is 6.85. The highest BCUT2D eigenvalue weighted by Gasteiger charge is 2.60. The Hall–Kier alpha value is -5.17. The van der Waals surface area contributed by atoms with Gasteiger partial charge in [0, 0.05) is 40.9 Å². The molecule has 0 fully saturated rings. The molecule has 0 aliphatic carbocycles. The van der Waals surface area contributed by atoms with Crippen molar-refractivity contribution in [1.82, 2.24) is 18.5 Å². The predicted molar refractivity (Wildman–Crippen MR) is 164 cm³/mol. The molecule has 194 valence electrons. The molecule has 5 aliphatic rings. The van der Waals surface area contributed by atoms with E-state index in [1.807, 2.05) is 0 Å². The molecule has 0 amide bonds. The second kappa shape index (κ2) is 5.77. The summed E-state index contributed by atoms with van der Waals surface area (Å²) in [5, 5.41) is 2.60. The van der Waals surface area contributed by atoms with E-state index < -0.39 is 0 Å². The number of imidazole rings is 2. The van der Waals surface area contributed by atoms with E-state index in [0.29, 0.717) is 0 Å². The summed E-state index contributed by atoms with van der Waals surface area (Å²) in [7, 11) is 0. The summed E-state index contributed by atoms with van der Waals surface area (Å²) < 4.78 is 21.1. The molecule has 6 nitrogen and oxygen atoms in total. The topological polar surface area (TPSA) is 45.6 Å². The van der Waals surface area contributed by atoms with E-state index in [0.717, 1.165) is 52.9 Å². The fourth-order valence-electron chi connectivity index (χ4n) is 9.76. The first kappa shape index (κ1) is 19.8. The molecule has 0 bridgehead atoms. The highest BCUT2D eigenvalue weighted by molar-refractivity contribution is 6.99. The van der Waals surface area contributed by atoms with Crippen LogP contribution < -0.4 is 25.9 Å². The number of rotatable bonds is 0. The smallest absolute Gasteiger partial charge is 0.261 e. The molecule has 3 aromatic heterocycles. The van der Waals surface area contributed by atoms with Gasteiger partial charge in [-0.3, -0.25) is 4.40 Å². The fourth-order valence-corrected chi connectivity index (χ4v) is 9.76. The minimum atomic E-state index is -0.205. The predicted octanol–water partition coefficient (Wildman–Crippen LogP) is 5.21. The Kier molecular flexibility index (Phi) is 2.72. The van der Waals surface area contributed by atoms with Gasteiger partial charge in [0.1, 0.15) is 23.0 Å². The van der Waals surface area contributed by atoms with Crippen LogP contribution in [0.5, 0.6) is 23.0 Å². The fraction of sp³-hybridized carbons (Fsp3) is 0.114. The molecule has 0 saturated heterocycles. The van der Waals surface area contributed by atoms with E-state index in [2.05, 4.69) is 93.3 Å². The van der Waals surface area contributed by atoms with Gasteiger partial charge >= 0.3 is 0 Å². The largest absolute Gasteiger partial charge is 0.458 e. The van der Waals surface area contributed by atoms with E-state index in [-0.39, 0.29) is 12.1 Å². The monoisotopic (exact) mass is 538 g/mol. The van der Waals surface area contributed by atoms with Crippen LogP contribution in [0.3, 0.4) is 0 Å². The maximum Gasteiger partial charge on any atom is 0.261 e. The van der Waals surface area contributed by atoms with Crippen LogP contribution in [0.15, 0.2) is 72.8 Å². The third-order valence-electron chi connectivity index (χ3n) is 11.1. The number of benzene rings is 5. The van der Waals surface area contributed by atoms with E-state index in [1.54, 1.807) is 0 Å². The molecule has 0 radical (unpaired) electrons. The summed E-state index contributed by atoms with van der Waals surface area (Å²) in [6.07, 6.45) is 0. The lowest BCUT2D eigenvalue weighted by Gasteiger charge is -2.43. The number of hydrogen-bond donors (Lipinski definition) is 0. The number of hydrogen-bond acceptors (Lipinski definition) is 3. The van der Waals surface area contributed by atoms with Crippen molar-refractivity contribution in [3.8, 4) is 23.0 Å². The van der Waals surface area contributed by atoms with Crippen molar-refractivity contribution in [2.45, 2.75) is 25.4 Å². The summed E-state index contributed by atoms with van der Waals surface area (Å²) in [4.78, 5) is 5.30. The lowest BCUT2D eigenvalue weighted by molar-refractivity contribution is 0.431. The van der Waals surface area contributed by atoms with Gasteiger partial charge in [-0.25, -0.2) is 4.98 Å². The highest BCUT2D eigenvalue weighted by atomic mass is 16.5. The van der Waals surface area contributed by atoms with Crippen LogP contribution in [0.25, 0.3) is 49.7 Å². The van der Waals surface area contributed by atoms with Crippen molar-refractivity contribution < 1.29 is 9.47 Å². The maximum absolute atomic E-state index is 6.85. The second-order valence-corrected chi connectivity index (χ2v) is 12.9. The van der Waals surface area contributed by atoms with Gasteiger partial charge in [-0.2, -0.15) is 0 Å². The van der Waals surface area contributed by atoms with Crippen LogP contribution in [0, 0.1) is 6.92 Å². The SMILES string of the molecule is Cc1cccc2c1nc1n3c4c5c6c(cc4n21)Oc1cccc2c1B6c1c(cc4c6ccccc6n6c4c1C5(C6)C3)O2. The molecule has 8 heterocycles. The molecule has 5 aliphatic heterocycles. The molecule has 42 heavy (non-hydrogen) atoms. The van der Waals surface area contributed by atoms with Crippen molar-refractivity contribution in [3.63, 3.8) is 0 Å². The summed E-state index contributed by atoms with van der Waals surface area (Å²) in [5.41, 5.74) is 15.1. The number of nitrogens with zero attached hydrogens (tertiary/aromatic N) is 4. The van der Waals surface area contributed by atoms with Gasteiger partial charge in [-0.1, -0.05) is 36.4 Å². The Bertz CT molecular complexity index is 2730. The number of aryl methyl sites for hydroxylation is 1. The minimum absolute atomic E-state index is 0.0907. The van der Waals surface area contributed by atoms with Gasteiger partial charge in [0.25, 0.3) is 6.71 Å². The van der Waals surface area contributed by atoms with Crippen molar-refractivity contribution in [2.24, 2.45) is 0 Å². The van der Waals surface area contributed by atoms with E-state index >= 15 is 0 Å². The van der Waals surface area contributed by atoms with Gasteiger partial charge in [-0.15, -0.1) is 0 Å². The number of fused-ring (bicyclic) bond motifs is 8. The molecule has 1 unspecified atom stereocenters. The summed E-state index contributed by atoms with van der Waals surface area (Å²) >= 11 is 0. The Morgan fingerprint density at radius 2 is 1.43 bits per heavy atom. The zero-order chi connectivity index (χ0) is 26.8. The van der Waals surface area contributed by atoms with Gasteiger partial charge in [0.2, 0.25) is 5.78 Å². The lowest BCUT2D eigenvalue weighted by Crippen LogP contribution is -2.64. The molecular weight excluding hydrogens is 519 g/mol. The molecule has 7 heteroatoms. The van der Waals surface area contributed by atoms with Crippen molar-refractivity contribution in [3.05, 3.63) is 89.5 Å². The van der Waals surface area contributed by atoms with Gasteiger partial charge < -0.3 is 18.6 Å². The van der Waals surface area contributed by atoms with Crippen molar-refractivity contribution >= 4 is 72.8 Å². The van der Waals surface area contributed by atoms with Gasteiger partial charge in [0.05, 0.1) is 33.0 Å². The Morgan fingerprint density at radius 3 is 2.31 bits per heavy atom. The minimum Gasteiger partial charge on any atom is -0.458 e. The molecule has 13 rings (SSSR count). The first-order valence-electron chi connectivity index (χ1n) is 14.8. The first-order valence-corrected chi connectivity index (χ1v) is 14.8. The van der Waals surface area contributed by atoms with Gasteiger partial charge in [0.15, 0.2) is 0 Å². The highest BCUT2D eigenvalue weighted by Crippen LogP contribution is 2.57. The Morgan fingerprint density at radius 1 is 0.690 bits per heavy atom. The average Bonchev–Trinajstić information content (AvgIpc) is 3.78. The quantitative estimate of drug-likeness (QED) is 0.249. The van der Waals surface area contributed by atoms with E-state index in [1.165, 1.54) is 65.9 Å². The molecule has 0 saturated carbocycles. The molecule has 1 atom stereocenters. The van der Waals surface area contributed by atoms with Crippen LogP contribution in [-0.2, 0) is 18.5 Å². The molecule has 0 N–H and O–H groups in total. The molecule has 1 spiro atoms. The number of aromatic nitrogens is 4. The number of ether oxygens (including phenoxy) is 2. The van der Waals surface area contributed by atoms with Crippen LogP contribution in [0.2, 0.25) is 0 Å². The standard InChI is InChI=1S/C35H19BN4O2/c1-16-6-4-9-20-31(16)37-34-39-15-35-14-38-19-8-3-2-7-17(19)18-12-24-29(26(35)32(18)38)36-28-22(41-24)10-5-11-23(28)42-25-13-21(40(20)34)33(39)27(35)30(25)36/h2-13H,14-15H2,1H3. The Balaban J connectivity index is 1.30. The Labute approximate surface area is 238 Å². The first-order chi connectivity index (χ1) is 20.7. The van der Waals surface area contributed by atoms with Gasteiger partial charge in [-0.05, 0) is 64.9 Å². The van der Waals surface area contributed by atoms with Crippen molar-refractivity contribution in [1.29, 1.82) is 0 Å². The third kappa shape index (κ3) is 1.73. The lowest BCUT2D eigenvalue weighted by atomic mass is 9.30. The van der Waals surface area contributed by atoms with E-state index in [4.69, 9.17) is 14.5 Å². The van der Waals surface area contributed by atoms with Crippen LogP contribution in [0.1, 0.15) is 16.7 Å². The van der Waals surface area contributed by atoms with Crippen LogP contribution in [-0.4, -0.2) is 25.2 Å². The average molecular weight is 538 g/mol. The zero-order valence-electron chi connectivity index (χ0n) is 22.5. The summed E-state index contributed by atoms with van der Waals surface area (Å²) in [6, 6.07) is 26.3. The van der Waals surface area contributed by atoms with E-state index in [9.17, 15) is 0 Å². The summed E-state index contributed by atoms with van der Waals surface area (Å²) in [5.74, 6) is 4.81. The molecular formula is C35H19BN4O2. The zero-order valence-corrected chi connectivity index (χ0v) is 22.5. The molecule has 5 aromatic carbocycles. The van der Waals surface area contributed by atoms with Crippen LogP contribution in [0.4, 0.5) is 0 Å². The molecule has 8 aromatic rings. The number of para-hydroxylation sites is 2. The normalized spacial score (nSPS) is 19.3.